The van der Waals surface area contributed by atoms with Gasteiger partial charge in [-0.1, -0.05) is 70.8 Å². The zero-order valence-electron chi connectivity index (χ0n) is 28.4. The van der Waals surface area contributed by atoms with Crippen molar-refractivity contribution >= 4 is 17.0 Å². The Balaban J connectivity index is 0.000000772. The van der Waals surface area contributed by atoms with Gasteiger partial charge >= 0.3 is 37.9 Å². The predicted octanol–water partition coefficient (Wildman–Crippen LogP) is 13.5. The van der Waals surface area contributed by atoms with Crippen LogP contribution in [0, 0.1) is 38.5 Å². The van der Waals surface area contributed by atoms with E-state index in [0.717, 1.165) is 23.7 Å². The fourth-order valence-electron chi connectivity index (χ4n) is 10.8. The molecule has 4 fully saturated rings. The van der Waals surface area contributed by atoms with Gasteiger partial charge in [-0.2, -0.15) is 0 Å². The van der Waals surface area contributed by atoms with Gasteiger partial charge in [0, 0.05) is 0 Å². The fraction of sp³-hybridized carbons (Fsp3) is 0.476. The summed E-state index contributed by atoms with van der Waals surface area (Å²) in [6, 6.07) is 19.1. The third kappa shape index (κ3) is 6.04. The van der Waals surface area contributed by atoms with Crippen molar-refractivity contribution in [1.82, 2.24) is 0 Å². The van der Waals surface area contributed by atoms with E-state index in [2.05, 4.69) is 76.2 Å². The van der Waals surface area contributed by atoms with Crippen molar-refractivity contribution in [2.75, 3.05) is 0 Å². The van der Waals surface area contributed by atoms with E-state index >= 15 is 0 Å². The quantitative estimate of drug-likeness (QED) is 0.277. The van der Waals surface area contributed by atoms with E-state index in [0.29, 0.717) is 11.8 Å². The Morgan fingerprint density at radius 3 is 1.04 bits per heavy atom. The molecule has 0 radical (unpaired) electrons. The molecular weight excluding hydrogens is 667 g/mol. The number of hydrogen-bond acceptors (Lipinski definition) is 0. The van der Waals surface area contributed by atoms with E-state index < -0.39 is 20.8 Å². The first kappa shape index (κ1) is 35.2. The normalized spacial score (nSPS) is 29.6. The van der Waals surface area contributed by atoms with Crippen molar-refractivity contribution in [3.63, 3.8) is 0 Å². The summed E-state index contributed by atoms with van der Waals surface area (Å²) in [5.74, 6) is 4.36. The summed E-state index contributed by atoms with van der Waals surface area (Å²) in [5, 5.41) is 0. The Hall–Kier alpha value is -1.14. The van der Waals surface area contributed by atoms with Crippen LogP contribution in [0.5, 0.6) is 0 Å². The van der Waals surface area contributed by atoms with Crippen LogP contribution in [0.4, 0.5) is 0 Å². The maximum absolute atomic E-state index is 4.93. The summed E-state index contributed by atoms with van der Waals surface area (Å²) in [5.41, 5.74) is 20.3. The van der Waals surface area contributed by atoms with Gasteiger partial charge in [0.15, 0.2) is 0 Å². The molecule has 0 nitrogen and oxygen atoms in total. The van der Waals surface area contributed by atoms with Crippen molar-refractivity contribution < 1.29 is 20.8 Å². The van der Waals surface area contributed by atoms with Gasteiger partial charge in [-0.3, -0.25) is 0 Å². The second kappa shape index (κ2) is 14.5. The van der Waals surface area contributed by atoms with Crippen LogP contribution in [0.2, 0.25) is 0 Å². The van der Waals surface area contributed by atoms with Crippen molar-refractivity contribution in [2.45, 2.75) is 104 Å². The number of fused-ring (bicyclic) bond motifs is 4. The molecule has 45 heavy (non-hydrogen) atoms. The fourth-order valence-corrected chi connectivity index (χ4v) is 10.8. The molecule has 0 aromatic heterocycles. The Labute approximate surface area is 293 Å². The van der Waals surface area contributed by atoms with Crippen LogP contribution < -0.4 is 0 Å². The zero-order valence-corrected chi connectivity index (χ0v) is 32.4. The van der Waals surface area contributed by atoms with Crippen molar-refractivity contribution in [3.05, 3.63) is 119 Å². The number of allylic oxidation sites excluding steroid dienone is 8. The van der Waals surface area contributed by atoms with Crippen molar-refractivity contribution in [1.29, 1.82) is 0 Å². The number of rotatable bonds is 3. The van der Waals surface area contributed by atoms with Crippen LogP contribution in [0.3, 0.4) is 0 Å². The van der Waals surface area contributed by atoms with Crippen LogP contribution in [-0.2, 0) is 20.8 Å². The molecule has 0 saturated heterocycles. The summed E-state index contributed by atoms with van der Waals surface area (Å²) in [6.07, 6.45) is 13.4. The van der Waals surface area contributed by atoms with Gasteiger partial charge in [0.05, 0.1) is 0 Å². The number of hydrogen-bond donors (Lipinski definition) is 0. The van der Waals surface area contributed by atoms with Gasteiger partial charge in [0.1, 0.15) is 0 Å². The molecule has 2 aromatic rings. The summed E-state index contributed by atoms with van der Waals surface area (Å²) in [7, 11) is 9.87. The van der Waals surface area contributed by atoms with Crippen molar-refractivity contribution in [3.8, 4) is 11.1 Å². The van der Waals surface area contributed by atoms with Crippen LogP contribution >= 0.6 is 17.0 Å². The summed E-state index contributed by atoms with van der Waals surface area (Å²) in [4.78, 5) is 0. The molecular formula is C42H52Cl2Zr. The number of benzene rings is 2. The minimum atomic E-state index is -0.826. The van der Waals surface area contributed by atoms with Gasteiger partial charge < -0.3 is 14.9 Å². The van der Waals surface area contributed by atoms with Crippen LogP contribution in [0.15, 0.2) is 93.1 Å². The second-order valence-electron chi connectivity index (χ2n) is 14.4. The molecule has 4 unspecified atom stereocenters. The first-order valence-corrected chi connectivity index (χ1v) is 23.2. The van der Waals surface area contributed by atoms with Gasteiger partial charge in [0.25, 0.3) is 0 Å². The van der Waals surface area contributed by atoms with Crippen LogP contribution in [0.1, 0.15) is 115 Å². The molecule has 4 atom stereocenters. The SMILES string of the molecule is CC1=C2CCCC2=C(C)C2CC(c3ccccc3-c3ccccc3C3CC4C(C)=C5CCCC5=C(C)C4C3)CC12.[CH3-].[CH3-].[Cl][Zr+2][Cl]. The standard InChI is InChI=1S/C40H46.2CH3.2ClH.Zr/c1-23-29-15-9-16-30(29)24(2)38-20-27(19-37(23)38)33-11-5-7-13-35(33)36-14-8-6-12-34(36)28-21-39-25(3)31-17-10-18-32(31)26(4)40(39)22-28;;;;;/h5-8,11-14,27-28,37-40H,9-10,15-22H2,1-4H3;2*1H3;2*1H;/q;2*-1;;;+4/p-2. The first-order chi connectivity index (χ1) is 20.9. The molecule has 2 aromatic carbocycles. The molecule has 8 rings (SSSR count). The molecule has 0 bridgehead atoms. The minimum absolute atomic E-state index is 0. The number of halogens is 2. The topological polar surface area (TPSA) is 0 Å². The Kier molecular flexibility index (Phi) is 11.4. The first-order valence-electron chi connectivity index (χ1n) is 16.9. The second-order valence-corrected chi connectivity index (χ2v) is 18.1. The maximum atomic E-state index is 4.93. The predicted molar refractivity (Wildman–Crippen MR) is 193 cm³/mol. The molecule has 0 heterocycles. The molecule has 6 aliphatic rings. The molecule has 4 saturated carbocycles. The summed E-state index contributed by atoms with van der Waals surface area (Å²) < 4.78 is 0. The molecule has 3 heteroatoms. The van der Waals surface area contributed by atoms with E-state index in [4.69, 9.17) is 17.0 Å². The van der Waals surface area contributed by atoms with E-state index in [1.807, 2.05) is 0 Å². The third-order valence-electron chi connectivity index (χ3n) is 12.8. The third-order valence-corrected chi connectivity index (χ3v) is 12.8. The van der Waals surface area contributed by atoms with E-state index in [-0.39, 0.29) is 14.9 Å². The van der Waals surface area contributed by atoms with E-state index in [1.165, 1.54) is 75.3 Å². The summed E-state index contributed by atoms with van der Waals surface area (Å²) >= 11 is -0.826. The monoisotopic (exact) mass is 716 g/mol. The van der Waals surface area contributed by atoms with E-state index in [9.17, 15) is 0 Å². The Morgan fingerprint density at radius 2 is 0.756 bits per heavy atom. The molecule has 0 spiro atoms. The van der Waals surface area contributed by atoms with E-state index in [1.54, 1.807) is 55.7 Å². The van der Waals surface area contributed by atoms with Gasteiger partial charge in [-0.25, -0.2) is 0 Å². The average Bonchev–Trinajstić information content (AvgIpc) is 3.84. The van der Waals surface area contributed by atoms with Gasteiger partial charge in [-0.15, -0.1) is 0 Å². The van der Waals surface area contributed by atoms with Crippen LogP contribution in [0.25, 0.3) is 11.1 Å². The van der Waals surface area contributed by atoms with Gasteiger partial charge in [0.2, 0.25) is 0 Å². The summed E-state index contributed by atoms with van der Waals surface area (Å²) in [6.45, 7) is 9.93. The van der Waals surface area contributed by atoms with Crippen molar-refractivity contribution in [2.24, 2.45) is 23.7 Å². The Bertz CT molecular complexity index is 1370. The molecule has 6 aliphatic carbocycles. The van der Waals surface area contributed by atoms with Gasteiger partial charge in [-0.05, 0) is 172 Å². The zero-order chi connectivity index (χ0) is 29.8. The molecule has 0 N–H and O–H groups in total. The molecule has 238 valence electrons. The molecule has 0 amide bonds. The average molecular weight is 719 g/mol. The molecule has 0 aliphatic heterocycles. The Morgan fingerprint density at radius 1 is 0.489 bits per heavy atom. The van der Waals surface area contributed by atoms with Crippen LogP contribution in [-0.4, -0.2) is 0 Å².